The molecule has 1 heterocycles. The molecule has 3 rings (SSSR count). The molecule has 1 fully saturated rings. The molecule has 5 nitrogen and oxygen atoms in total. The molecule has 0 saturated heterocycles. The first-order valence-corrected chi connectivity index (χ1v) is 8.59. The van der Waals surface area contributed by atoms with Gasteiger partial charge in [-0.25, -0.2) is 0 Å². The molecule has 1 N–H and O–H groups in total. The van der Waals surface area contributed by atoms with E-state index in [4.69, 9.17) is 4.74 Å². The minimum absolute atomic E-state index is 0.102. The maximum atomic E-state index is 12.8. The third-order valence-electron chi connectivity index (χ3n) is 4.91. The van der Waals surface area contributed by atoms with E-state index in [-0.39, 0.29) is 17.5 Å². The Kier molecular flexibility index (Phi) is 4.88. The number of methoxy groups -OCH3 is 1. The summed E-state index contributed by atoms with van der Waals surface area (Å²) in [5, 5.41) is 10.3. The molecule has 128 valence electrons. The molecule has 0 bridgehead atoms. The molecule has 1 aromatic rings. The summed E-state index contributed by atoms with van der Waals surface area (Å²) in [6, 6.07) is 6.70. The summed E-state index contributed by atoms with van der Waals surface area (Å²) in [6.45, 7) is 0. The molecule has 1 saturated carbocycles. The summed E-state index contributed by atoms with van der Waals surface area (Å²) in [5.74, 6) is -0.718. The van der Waals surface area contributed by atoms with Crippen LogP contribution < -0.4 is 4.74 Å². The molecule has 2 aliphatic rings. The Labute approximate surface area is 141 Å². The van der Waals surface area contributed by atoms with E-state index in [0.717, 1.165) is 38.5 Å². The number of nitrogens with zero attached hydrogens (tertiary/aromatic N) is 1. The number of benzene rings is 1. The lowest BCUT2D eigenvalue weighted by atomic mass is 9.95. The molecule has 5 heteroatoms. The summed E-state index contributed by atoms with van der Waals surface area (Å²) in [4.78, 5) is 26.6. The summed E-state index contributed by atoms with van der Waals surface area (Å²) >= 11 is 0. The third-order valence-corrected chi connectivity index (χ3v) is 4.91. The van der Waals surface area contributed by atoms with Crippen molar-refractivity contribution in [2.45, 2.75) is 51.0 Å². The van der Waals surface area contributed by atoms with E-state index >= 15 is 0 Å². The predicted octanol–water partition coefficient (Wildman–Crippen LogP) is 3.45. The summed E-state index contributed by atoms with van der Waals surface area (Å²) in [7, 11) is 1.56. The van der Waals surface area contributed by atoms with Crippen LogP contribution >= 0.6 is 0 Å². The van der Waals surface area contributed by atoms with E-state index in [1.165, 1.54) is 11.3 Å². The zero-order valence-electron chi connectivity index (χ0n) is 14.0. The average molecular weight is 329 g/mol. The Bertz CT molecular complexity index is 654. The molecule has 0 atom stereocenters. The Hall–Kier alpha value is -2.30. The lowest BCUT2D eigenvalue weighted by Gasteiger charge is -2.28. The average Bonchev–Trinajstić information content (AvgIpc) is 2.78. The van der Waals surface area contributed by atoms with Crippen LogP contribution in [0.25, 0.3) is 5.57 Å². The third kappa shape index (κ3) is 3.03. The van der Waals surface area contributed by atoms with E-state index in [0.29, 0.717) is 11.3 Å². The van der Waals surface area contributed by atoms with Crippen molar-refractivity contribution >= 4 is 17.4 Å². The largest absolute Gasteiger partial charge is 0.502 e. The monoisotopic (exact) mass is 329 g/mol. The van der Waals surface area contributed by atoms with Crippen LogP contribution in [0, 0.1) is 0 Å². The second kappa shape index (κ2) is 7.07. The van der Waals surface area contributed by atoms with Crippen molar-refractivity contribution in [2.24, 2.45) is 0 Å². The van der Waals surface area contributed by atoms with Crippen molar-refractivity contribution in [1.82, 2.24) is 4.90 Å². The van der Waals surface area contributed by atoms with Crippen LogP contribution in [0.1, 0.15) is 50.5 Å². The first kappa shape index (κ1) is 16.6. The van der Waals surface area contributed by atoms with Crippen molar-refractivity contribution in [2.75, 3.05) is 7.11 Å². The molecular weight excluding hydrogens is 306 g/mol. The van der Waals surface area contributed by atoms with Gasteiger partial charge in [-0.2, -0.15) is 0 Å². The summed E-state index contributed by atoms with van der Waals surface area (Å²) in [5.41, 5.74) is 0.643. The Balaban J connectivity index is 1.86. The molecule has 0 aromatic heterocycles. The first-order chi connectivity index (χ1) is 11.6. The van der Waals surface area contributed by atoms with Gasteiger partial charge in [0.1, 0.15) is 5.75 Å². The first-order valence-electron chi connectivity index (χ1n) is 8.59. The number of hydrogen-bond donors (Lipinski definition) is 1. The number of carbonyl (C=O) groups is 2. The van der Waals surface area contributed by atoms with E-state index in [1.807, 2.05) is 0 Å². The maximum Gasteiger partial charge on any atom is 0.296 e. The van der Waals surface area contributed by atoms with Crippen molar-refractivity contribution in [3.8, 4) is 5.75 Å². The molecule has 24 heavy (non-hydrogen) atoms. The number of amides is 2. The Morgan fingerprint density at radius 1 is 0.958 bits per heavy atom. The van der Waals surface area contributed by atoms with Crippen LogP contribution in [0.15, 0.2) is 30.0 Å². The van der Waals surface area contributed by atoms with E-state index in [1.54, 1.807) is 31.4 Å². The molecule has 1 aliphatic carbocycles. The van der Waals surface area contributed by atoms with Crippen molar-refractivity contribution in [1.29, 1.82) is 0 Å². The second-order valence-corrected chi connectivity index (χ2v) is 6.43. The zero-order chi connectivity index (χ0) is 17.1. The van der Waals surface area contributed by atoms with Crippen LogP contribution in [0.4, 0.5) is 0 Å². The van der Waals surface area contributed by atoms with Gasteiger partial charge in [0.25, 0.3) is 11.8 Å². The molecule has 1 aliphatic heterocycles. The van der Waals surface area contributed by atoms with Gasteiger partial charge in [0.2, 0.25) is 0 Å². The lowest BCUT2D eigenvalue weighted by molar-refractivity contribution is -0.141. The van der Waals surface area contributed by atoms with Gasteiger partial charge in [-0.1, -0.05) is 44.2 Å². The highest BCUT2D eigenvalue weighted by molar-refractivity contribution is 6.35. The zero-order valence-corrected chi connectivity index (χ0v) is 14.0. The van der Waals surface area contributed by atoms with Gasteiger partial charge >= 0.3 is 0 Å². The minimum atomic E-state index is -0.559. The fourth-order valence-electron chi connectivity index (χ4n) is 3.58. The molecule has 2 amide bonds. The highest BCUT2D eigenvalue weighted by atomic mass is 16.5. The number of imide groups is 1. The van der Waals surface area contributed by atoms with Crippen molar-refractivity contribution < 1.29 is 19.4 Å². The van der Waals surface area contributed by atoms with Crippen molar-refractivity contribution in [3.63, 3.8) is 0 Å². The standard InChI is InChI=1S/C19H23NO4/c1-24-15-11-9-13(10-12-15)16-17(21)19(23)20(18(16)22)14-7-5-3-2-4-6-8-14/h9-12,14,21H,2-8H2,1H3. The highest BCUT2D eigenvalue weighted by Gasteiger charge is 2.42. The van der Waals surface area contributed by atoms with Crippen LogP contribution in [0.2, 0.25) is 0 Å². The fraction of sp³-hybridized carbons (Fsp3) is 0.474. The number of hydrogen-bond acceptors (Lipinski definition) is 4. The summed E-state index contributed by atoms with van der Waals surface area (Å²) < 4.78 is 5.11. The van der Waals surface area contributed by atoms with Gasteiger partial charge in [0.05, 0.1) is 12.7 Å². The Morgan fingerprint density at radius 2 is 1.54 bits per heavy atom. The molecule has 0 radical (unpaired) electrons. The van der Waals surface area contributed by atoms with Crippen molar-refractivity contribution in [3.05, 3.63) is 35.6 Å². The second-order valence-electron chi connectivity index (χ2n) is 6.43. The van der Waals surface area contributed by atoms with Crippen LogP contribution in [0.3, 0.4) is 0 Å². The molecular formula is C19H23NO4. The number of rotatable bonds is 3. The normalized spacial score (nSPS) is 20.3. The Morgan fingerprint density at radius 3 is 2.12 bits per heavy atom. The molecule has 1 aromatic carbocycles. The van der Waals surface area contributed by atoms with E-state index in [9.17, 15) is 14.7 Å². The number of carbonyl (C=O) groups excluding carboxylic acids is 2. The quantitative estimate of drug-likeness (QED) is 0.863. The summed E-state index contributed by atoms with van der Waals surface area (Å²) in [6.07, 6.45) is 7.16. The number of aliphatic hydroxyl groups is 1. The van der Waals surface area contributed by atoms with Gasteiger partial charge in [0, 0.05) is 6.04 Å². The smallest absolute Gasteiger partial charge is 0.296 e. The fourth-order valence-corrected chi connectivity index (χ4v) is 3.58. The van der Waals surface area contributed by atoms with Gasteiger partial charge in [0.15, 0.2) is 5.76 Å². The molecule has 0 unspecified atom stereocenters. The van der Waals surface area contributed by atoms with E-state index < -0.39 is 11.7 Å². The van der Waals surface area contributed by atoms with Crippen LogP contribution in [-0.4, -0.2) is 35.0 Å². The molecule has 0 spiro atoms. The van der Waals surface area contributed by atoms with Gasteiger partial charge < -0.3 is 9.84 Å². The SMILES string of the molecule is COc1ccc(C2=C(O)C(=O)N(C3CCCCCCC3)C2=O)cc1. The van der Waals surface area contributed by atoms with Crippen LogP contribution in [0.5, 0.6) is 5.75 Å². The topological polar surface area (TPSA) is 66.8 Å². The van der Waals surface area contributed by atoms with Gasteiger partial charge in [-0.05, 0) is 30.5 Å². The number of ether oxygens (including phenoxy) is 1. The lowest BCUT2D eigenvalue weighted by Crippen LogP contribution is -2.41. The predicted molar refractivity (Wildman–Crippen MR) is 90.5 cm³/mol. The van der Waals surface area contributed by atoms with Gasteiger partial charge in [-0.15, -0.1) is 0 Å². The number of aliphatic hydroxyl groups excluding tert-OH is 1. The minimum Gasteiger partial charge on any atom is -0.502 e. The van der Waals surface area contributed by atoms with Crippen LogP contribution in [-0.2, 0) is 9.59 Å². The van der Waals surface area contributed by atoms with E-state index in [2.05, 4.69) is 0 Å². The maximum absolute atomic E-state index is 12.8. The van der Waals surface area contributed by atoms with Gasteiger partial charge in [-0.3, -0.25) is 14.5 Å². The highest BCUT2D eigenvalue weighted by Crippen LogP contribution is 2.33.